The first-order valence-electron chi connectivity index (χ1n) is 7.22. The Kier molecular flexibility index (Phi) is 4.26. The number of nitrogens with two attached hydrogens (primary N) is 1. The molecule has 2 heteroatoms. The van der Waals surface area contributed by atoms with E-state index < -0.39 is 0 Å². The van der Waals surface area contributed by atoms with Gasteiger partial charge in [0.25, 0.3) is 0 Å². The summed E-state index contributed by atoms with van der Waals surface area (Å²) in [6, 6.07) is 1.53. The first-order valence-corrected chi connectivity index (χ1v) is 7.22. The Morgan fingerprint density at radius 3 is 2.38 bits per heavy atom. The summed E-state index contributed by atoms with van der Waals surface area (Å²) in [5.74, 6) is 1.78. The minimum atomic E-state index is 0.646. The van der Waals surface area contributed by atoms with E-state index in [0.29, 0.717) is 6.04 Å². The van der Waals surface area contributed by atoms with Gasteiger partial charge in [0.2, 0.25) is 0 Å². The van der Waals surface area contributed by atoms with Gasteiger partial charge in [0.15, 0.2) is 0 Å². The van der Waals surface area contributed by atoms with Gasteiger partial charge in [-0.1, -0.05) is 20.3 Å². The lowest BCUT2D eigenvalue weighted by Crippen LogP contribution is -2.47. The molecule has 0 bridgehead atoms. The highest BCUT2D eigenvalue weighted by molar-refractivity contribution is 4.93. The van der Waals surface area contributed by atoms with Gasteiger partial charge in [-0.25, -0.2) is 0 Å². The van der Waals surface area contributed by atoms with Crippen LogP contribution in [0.15, 0.2) is 0 Å². The van der Waals surface area contributed by atoms with Crippen LogP contribution in [0.2, 0.25) is 0 Å². The van der Waals surface area contributed by atoms with Crippen molar-refractivity contribution in [2.45, 2.75) is 64.5 Å². The van der Waals surface area contributed by atoms with Gasteiger partial charge in [0.1, 0.15) is 0 Å². The van der Waals surface area contributed by atoms with Gasteiger partial charge in [-0.05, 0) is 43.9 Å². The van der Waals surface area contributed by atoms with Crippen LogP contribution < -0.4 is 5.73 Å². The summed E-state index contributed by atoms with van der Waals surface area (Å²) in [7, 11) is 0. The average molecular weight is 224 g/mol. The molecule has 0 heterocycles. The van der Waals surface area contributed by atoms with E-state index in [1.165, 1.54) is 45.1 Å². The first kappa shape index (κ1) is 12.4. The van der Waals surface area contributed by atoms with Crippen LogP contribution in [0.5, 0.6) is 0 Å². The van der Waals surface area contributed by atoms with Crippen molar-refractivity contribution in [3.63, 3.8) is 0 Å². The average Bonchev–Trinajstić information content (AvgIpc) is 3.13. The quantitative estimate of drug-likeness (QED) is 0.687. The molecule has 2 unspecified atom stereocenters. The summed E-state index contributed by atoms with van der Waals surface area (Å²) in [6.07, 6.45) is 8.38. The maximum Gasteiger partial charge on any atom is 0.0247 e. The van der Waals surface area contributed by atoms with Gasteiger partial charge in [-0.2, -0.15) is 0 Å². The van der Waals surface area contributed by atoms with E-state index in [1.54, 1.807) is 0 Å². The van der Waals surface area contributed by atoms with Crippen molar-refractivity contribution in [3.05, 3.63) is 0 Å². The fraction of sp³-hybridized carbons (Fsp3) is 1.00. The van der Waals surface area contributed by atoms with Crippen molar-refractivity contribution in [3.8, 4) is 0 Å². The van der Waals surface area contributed by atoms with E-state index in [2.05, 4.69) is 18.7 Å². The van der Waals surface area contributed by atoms with Crippen molar-refractivity contribution in [2.24, 2.45) is 17.6 Å². The van der Waals surface area contributed by atoms with Crippen LogP contribution in [-0.2, 0) is 0 Å². The van der Waals surface area contributed by atoms with Crippen LogP contribution >= 0.6 is 0 Å². The second-order valence-corrected chi connectivity index (χ2v) is 5.94. The molecule has 0 amide bonds. The fourth-order valence-corrected chi connectivity index (χ4v) is 2.90. The standard InChI is InChI=1S/C14H28N2/c1-3-4-11(2)14(9-15)16(13-7-8-13)10-12-5-6-12/h11-14H,3-10,15H2,1-2H3. The molecule has 0 aromatic carbocycles. The normalized spacial score (nSPS) is 24.8. The highest BCUT2D eigenvalue weighted by Gasteiger charge is 2.38. The Bertz CT molecular complexity index is 209. The van der Waals surface area contributed by atoms with Crippen molar-refractivity contribution in [2.75, 3.05) is 13.1 Å². The third kappa shape index (κ3) is 3.21. The molecule has 0 saturated heterocycles. The number of nitrogens with zero attached hydrogens (tertiary/aromatic N) is 1. The van der Waals surface area contributed by atoms with E-state index >= 15 is 0 Å². The van der Waals surface area contributed by atoms with E-state index in [9.17, 15) is 0 Å². The Hall–Kier alpha value is -0.0800. The Morgan fingerprint density at radius 1 is 1.25 bits per heavy atom. The second kappa shape index (κ2) is 5.50. The Balaban J connectivity index is 1.90. The molecule has 0 aromatic heterocycles. The van der Waals surface area contributed by atoms with E-state index in [4.69, 9.17) is 5.73 Å². The van der Waals surface area contributed by atoms with Gasteiger partial charge < -0.3 is 5.73 Å². The minimum Gasteiger partial charge on any atom is -0.329 e. The molecule has 2 aliphatic carbocycles. The molecule has 2 aliphatic rings. The number of rotatable bonds is 8. The molecular weight excluding hydrogens is 196 g/mol. The second-order valence-electron chi connectivity index (χ2n) is 5.94. The van der Waals surface area contributed by atoms with Crippen LogP contribution in [0, 0.1) is 11.8 Å². The first-order chi connectivity index (χ1) is 7.76. The number of hydrogen-bond donors (Lipinski definition) is 1. The van der Waals surface area contributed by atoms with Gasteiger partial charge in [0, 0.05) is 25.2 Å². The molecular formula is C14H28N2. The molecule has 2 fully saturated rings. The minimum absolute atomic E-state index is 0.646. The molecule has 2 nitrogen and oxygen atoms in total. The largest absolute Gasteiger partial charge is 0.329 e. The lowest BCUT2D eigenvalue weighted by molar-refractivity contribution is 0.132. The third-order valence-electron chi connectivity index (χ3n) is 4.25. The molecule has 0 radical (unpaired) electrons. The zero-order chi connectivity index (χ0) is 11.5. The summed E-state index contributed by atoms with van der Waals surface area (Å²) < 4.78 is 0. The van der Waals surface area contributed by atoms with Gasteiger partial charge in [-0.15, -0.1) is 0 Å². The molecule has 0 aliphatic heterocycles. The van der Waals surface area contributed by atoms with Crippen molar-refractivity contribution in [1.29, 1.82) is 0 Å². The topological polar surface area (TPSA) is 29.3 Å². The molecule has 2 atom stereocenters. The van der Waals surface area contributed by atoms with E-state index in [1.807, 2.05) is 0 Å². The molecule has 0 spiro atoms. The highest BCUT2D eigenvalue weighted by atomic mass is 15.2. The monoisotopic (exact) mass is 224 g/mol. The Labute approximate surface area is 101 Å². The zero-order valence-corrected chi connectivity index (χ0v) is 11.0. The molecule has 16 heavy (non-hydrogen) atoms. The van der Waals surface area contributed by atoms with Gasteiger partial charge >= 0.3 is 0 Å². The summed E-state index contributed by atoms with van der Waals surface area (Å²) >= 11 is 0. The summed E-state index contributed by atoms with van der Waals surface area (Å²) in [6.45, 7) is 6.86. The van der Waals surface area contributed by atoms with E-state index in [0.717, 1.165) is 24.4 Å². The summed E-state index contributed by atoms with van der Waals surface area (Å²) in [5, 5.41) is 0. The molecule has 2 rings (SSSR count). The van der Waals surface area contributed by atoms with Crippen LogP contribution in [0.4, 0.5) is 0 Å². The molecule has 94 valence electrons. The van der Waals surface area contributed by atoms with Gasteiger partial charge in [-0.3, -0.25) is 4.90 Å². The van der Waals surface area contributed by atoms with Crippen LogP contribution in [0.25, 0.3) is 0 Å². The lowest BCUT2D eigenvalue weighted by Gasteiger charge is -2.35. The van der Waals surface area contributed by atoms with Crippen LogP contribution in [-0.4, -0.2) is 30.1 Å². The van der Waals surface area contributed by atoms with Gasteiger partial charge in [0.05, 0.1) is 0 Å². The maximum atomic E-state index is 6.02. The SMILES string of the molecule is CCCC(C)C(CN)N(CC1CC1)C1CC1. The van der Waals surface area contributed by atoms with E-state index in [-0.39, 0.29) is 0 Å². The predicted octanol–water partition coefficient (Wildman–Crippen LogP) is 2.62. The predicted molar refractivity (Wildman–Crippen MR) is 69.4 cm³/mol. The fourth-order valence-electron chi connectivity index (χ4n) is 2.90. The highest BCUT2D eigenvalue weighted by Crippen LogP contribution is 2.37. The lowest BCUT2D eigenvalue weighted by atomic mass is 9.95. The molecule has 0 aromatic rings. The smallest absolute Gasteiger partial charge is 0.0247 e. The van der Waals surface area contributed by atoms with Crippen LogP contribution in [0.1, 0.15) is 52.4 Å². The summed E-state index contributed by atoms with van der Waals surface area (Å²) in [5.41, 5.74) is 6.02. The van der Waals surface area contributed by atoms with Crippen LogP contribution in [0.3, 0.4) is 0 Å². The van der Waals surface area contributed by atoms with Crippen molar-refractivity contribution in [1.82, 2.24) is 4.90 Å². The Morgan fingerprint density at radius 2 is 1.94 bits per heavy atom. The summed E-state index contributed by atoms with van der Waals surface area (Å²) in [4.78, 5) is 2.76. The van der Waals surface area contributed by atoms with Crippen molar-refractivity contribution < 1.29 is 0 Å². The maximum absolute atomic E-state index is 6.02. The molecule has 2 saturated carbocycles. The zero-order valence-electron chi connectivity index (χ0n) is 11.0. The number of hydrogen-bond acceptors (Lipinski definition) is 2. The third-order valence-corrected chi connectivity index (χ3v) is 4.25. The molecule has 2 N–H and O–H groups in total. The van der Waals surface area contributed by atoms with Crippen molar-refractivity contribution >= 4 is 0 Å².